The SMILES string of the molecule is CN(C)CCN1C(=O)N[C@@](CCc2ccccc2)(C2CCN(C(=O)c3cc(F)cc(F)c3)CC2)C1=O. The average molecular weight is 499 g/mol. The van der Waals surface area contributed by atoms with Crippen molar-refractivity contribution in [3.8, 4) is 0 Å². The molecular formula is C27H32F2N4O3. The van der Waals surface area contributed by atoms with Crippen LogP contribution in [0, 0.1) is 17.6 Å². The quantitative estimate of drug-likeness (QED) is 0.567. The van der Waals surface area contributed by atoms with Crippen LogP contribution in [-0.4, -0.2) is 78.4 Å². The first kappa shape index (κ1) is 25.8. The lowest BCUT2D eigenvalue weighted by atomic mass is 9.74. The van der Waals surface area contributed by atoms with Gasteiger partial charge in [0.05, 0.1) is 0 Å². The van der Waals surface area contributed by atoms with Gasteiger partial charge in [0, 0.05) is 37.8 Å². The molecule has 7 nitrogen and oxygen atoms in total. The van der Waals surface area contributed by atoms with Crippen LogP contribution in [0.15, 0.2) is 48.5 Å². The molecule has 2 aliphatic heterocycles. The fourth-order valence-electron chi connectivity index (χ4n) is 5.22. The molecule has 0 aliphatic carbocycles. The van der Waals surface area contributed by atoms with E-state index in [0.717, 1.165) is 23.8 Å². The summed E-state index contributed by atoms with van der Waals surface area (Å²) < 4.78 is 27.3. The number of nitrogens with one attached hydrogen (secondary N) is 1. The number of carbonyl (C=O) groups excluding carboxylic acids is 3. The number of nitrogens with zero attached hydrogens (tertiary/aromatic N) is 3. The highest BCUT2D eigenvalue weighted by molar-refractivity contribution is 6.07. The second-order valence-corrected chi connectivity index (χ2v) is 9.87. The number of rotatable bonds is 8. The highest BCUT2D eigenvalue weighted by Gasteiger charge is 2.55. The van der Waals surface area contributed by atoms with Crippen molar-refractivity contribution in [3.63, 3.8) is 0 Å². The molecule has 1 atom stereocenters. The molecule has 2 saturated heterocycles. The molecule has 0 aromatic heterocycles. The molecule has 2 aromatic carbocycles. The topological polar surface area (TPSA) is 73.0 Å². The molecule has 0 unspecified atom stereocenters. The Morgan fingerprint density at radius 3 is 2.31 bits per heavy atom. The predicted octanol–water partition coefficient (Wildman–Crippen LogP) is 3.30. The van der Waals surface area contributed by atoms with Crippen LogP contribution in [0.5, 0.6) is 0 Å². The smallest absolute Gasteiger partial charge is 0.325 e. The zero-order chi connectivity index (χ0) is 25.9. The summed E-state index contributed by atoms with van der Waals surface area (Å²) in [5, 5.41) is 3.04. The van der Waals surface area contributed by atoms with E-state index in [4.69, 9.17) is 0 Å². The number of piperidine rings is 1. The van der Waals surface area contributed by atoms with Gasteiger partial charge in [0.15, 0.2) is 0 Å². The molecule has 2 aromatic rings. The number of aryl methyl sites for hydroxylation is 1. The van der Waals surface area contributed by atoms with Crippen LogP contribution in [-0.2, 0) is 11.2 Å². The number of hydrogen-bond acceptors (Lipinski definition) is 4. The lowest BCUT2D eigenvalue weighted by Gasteiger charge is -2.41. The van der Waals surface area contributed by atoms with E-state index < -0.39 is 23.1 Å². The first-order valence-electron chi connectivity index (χ1n) is 12.3. The number of likely N-dealkylation sites (N-methyl/N-ethyl adjacent to an activating group) is 1. The van der Waals surface area contributed by atoms with Crippen molar-refractivity contribution in [2.24, 2.45) is 5.92 Å². The van der Waals surface area contributed by atoms with E-state index in [1.807, 2.05) is 49.3 Å². The minimum Gasteiger partial charge on any atom is -0.339 e. The van der Waals surface area contributed by atoms with Crippen LogP contribution in [0.3, 0.4) is 0 Å². The molecule has 0 spiro atoms. The Labute approximate surface area is 210 Å². The molecule has 0 saturated carbocycles. The zero-order valence-corrected chi connectivity index (χ0v) is 20.7. The van der Waals surface area contributed by atoms with Gasteiger partial charge in [0.2, 0.25) is 0 Å². The lowest BCUT2D eigenvalue weighted by molar-refractivity contribution is -0.134. The molecule has 0 radical (unpaired) electrons. The Morgan fingerprint density at radius 1 is 1.06 bits per heavy atom. The van der Waals surface area contributed by atoms with Crippen LogP contribution in [0.1, 0.15) is 35.2 Å². The molecule has 2 heterocycles. The Balaban J connectivity index is 1.52. The summed E-state index contributed by atoms with van der Waals surface area (Å²) in [5.74, 6) is -2.44. The number of hydrogen-bond donors (Lipinski definition) is 1. The Bertz CT molecular complexity index is 1100. The number of urea groups is 1. The van der Waals surface area contributed by atoms with Crippen LogP contribution < -0.4 is 5.32 Å². The van der Waals surface area contributed by atoms with E-state index in [9.17, 15) is 23.2 Å². The number of carbonyl (C=O) groups is 3. The van der Waals surface area contributed by atoms with Crippen molar-refractivity contribution in [3.05, 3.63) is 71.3 Å². The molecule has 4 amide bonds. The number of imide groups is 1. The average Bonchev–Trinajstić information content (AvgIpc) is 3.10. The van der Waals surface area contributed by atoms with E-state index in [2.05, 4.69) is 5.32 Å². The number of amides is 4. The molecule has 0 bridgehead atoms. The van der Waals surface area contributed by atoms with Gasteiger partial charge in [-0.25, -0.2) is 13.6 Å². The van der Waals surface area contributed by atoms with Gasteiger partial charge in [-0.05, 0) is 63.4 Å². The highest BCUT2D eigenvalue weighted by Crippen LogP contribution is 2.37. The first-order valence-corrected chi connectivity index (χ1v) is 12.3. The molecule has 2 aliphatic rings. The third-order valence-corrected chi connectivity index (χ3v) is 7.21. The van der Waals surface area contributed by atoms with Gasteiger partial charge in [-0.1, -0.05) is 30.3 Å². The van der Waals surface area contributed by atoms with Gasteiger partial charge < -0.3 is 15.1 Å². The van der Waals surface area contributed by atoms with Crippen LogP contribution >= 0.6 is 0 Å². The second-order valence-electron chi connectivity index (χ2n) is 9.87. The van der Waals surface area contributed by atoms with Crippen molar-refractivity contribution < 1.29 is 23.2 Å². The fraction of sp³-hybridized carbons (Fsp3) is 0.444. The molecule has 9 heteroatoms. The van der Waals surface area contributed by atoms with Crippen molar-refractivity contribution in [2.45, 2.75) is 31.2 Å². The van der Waals surface area contributed by atoms with Gasteiger partial charge in [0.1, 0.15) is 17.2 Å². The minimum atomic E-state index is -1.06. The summed E-state index contributed by atoms with van der Waals surface area (Å²) in [4.78, 5) is 44.3. The molecule has 192 valence electrons. The van der Waals surface area contributed by atoms with Crippen molar-refractivity contribution in [1.29, 1.82) is 0 Å². The summed E-state index contributed by atoms with van der Waals surface area (Å²) in [5.41, 5.74) is -0.0180. The number of halogens is 2. The monoisotopic (exact) mass is 498 g/mol. The number of benzene rings is 2. The standard InChI is InChI=1S/C27H32F2N4O3/c1-31(2)14-15-33-25(35)27(30-26(33)36,11-8-19-6-4-3-5-7-19)21-9-12-32(13-10-21)24(34)20-16-22(28)18-23(29)17-20/h3-7,16-18,21H,8-15H2,1-2H3,(H,30,36)/t27-/m0/s1. The van der Waals surface area contributed by atoms with Gasteiger partial charge in [-0.15, -0.1) is 0 Å². The van der Waals surface area contributed by atoms with Gasteiger partial charge in [-0.2, -0.15) is 0 Å². The Morgan fingerprint density at radius 2 is 1.69 bits per heavy atom. The van der Waals surface area contributed by atoms with E-state index in [-0.39, 0.29) is 23.4 Å². The molecule has 4 rings (SSSR count). The summed E-state index contributed by atoms with van der Waals surface area (Å²) in [6, 6.07) is 12.2. The zero-order valence-electron chi connectivity index (χ0n) is 20.7. The predicted molar refractivity (Wildman–Crippen MR) is 131 cm³/mol. The normalized spacial score (nSPS) is 20.8. The molecule has 2 fully saturated rings. The maximum Gasteiger partial charge on any atom is 0.325 e. The van der Waals surface area contributed by atoms with Gasteiger partial charge in [-0.3, -0.25) is 14.5 Å². The number of likely N-dealkylation sites (tertiary alicyclic amines) is 1. The first-order chi connectivity index (χ1) is 17.2. The van der Waals surface area contributed by atoms with E-state index >= 15 is 0 Å². The Kier molecular flexibility index (Phi) is 7.68. The van der Waals surface area contributed by atoms with E-state index in [1.165, 1.54) is 4.90 Å². The lowest BCUT2D eigenvalue weighted by Crippen LogP contribution is -2.57. The Hall–Kier alpha value is -3.33. The van der Waals surface area contributed by atoms with Crippen LogP contribution in [0.25, 0.3) is 0 Å². The third kappa shape index (κ3) is 5.41. The van der Waals surface area contributed by atoms with E-state index in [1.54, 1.807) is 4.90 Å². The summed E-state index contributed by atoms with van der Waals surface area (Å²) in [6.45, 7) is 1.52. The van der Waals surface area contributed by atoms with Gasteiger partial charge in [0.25, 0.3) is 11.8 Å². The second kappa shape index (κ2) is 10.7. The van der Waals surface area contributed by atoms with Crippen LogP contribution in [0.4, 0.5) is 13.6 Å². The summed E-state index contributed by atoms with van der Waals surface area (Å²) in [7, 11) is 3.77. The maximum atomic E-state index is 13.7. The fourth-order valence-corrected chi connectivity index (χ4v) is 5.22. The summed E-state index contributed by atoms with van der Waals surface area (Å²) in [6.07, 6.45) is 2.06. The molecule has 36 heavy (non-hydrogen) atoms. The maximum absolute atomic E-state index is 13.7. The highest BCUT2D eigenvalue weighted by atomic mass is 19.1. The van der Waals surface area contributed by atoms with Crippen molar-refractivity contribution in [2.75, 3.05) is 40.3 Å². The van der Waals surface area contributed by atoms with Gasteiger partial charge >= 0.3 is 6.03 Å². The minimum absolute atomic E-state index is 0.0372. The van der Waals surface area contributed by atoms with Crippen LogP contribution in [0.2, 0.25) is 0 Å². The summed E-state index contributed by atoms with van der Waals surface area (Å²) >= 11 is 0. The van der Waals surface area contributed by atoms with Crippen molar-refractivity contribution >= 4 is 17.8 Å². The largest absolute Gasteiger partial charge is 0.339 e. The van der Waals surface area contributed by atoms with E-state index in [0.29, 0.717) is 51.9 Å². The van der Waals surface area contributed by atoms with Crippen molar-refractivity contribution in [1.82, 2.24) is 20.0 Å². The third-order valence-electron chi connectivity index (χ3n) is 7.21. The molecule has 1 N–H and O–H groups in total. The molecular weight excluding hydrogens is 466 g/mol.